The minimum absolute atomic E-state index is 0.202. The third kappa shape index (κ3) is 5.58. The first-order valence-corrected chi connectivity index (χ1v) is 9.00. The van der Waals surface area contributed by atoms with Crippen LogP contribution in [0.2, 0.25) is 0 Å². The molecule has 3 rings (SSSR count). The number of hydrogen-bond donors (Lipinski definition) is 1. The van der Waals surface area contributed by atoms with Gasteiger partial charge in [-0.25, -0.2) is 4.79 Å². The Balaban J connectivity index is 1.79. The summed E-state index contributed by atoms with van der Waals surface area (Å²) in [4.78, 5) is 10.9. The van der Waals surface area contributed by atoms with Crippen LogP contribution in [0.25, 0.3) is 17.2 Å². The molecule has 0 heterocycles. The third-order valence-corrected chi connectivity index (χ3v) is 4.14. The van der Waals surface area contributed by atoms with Crippen molar-refractivity contribution in [2.24, 2.45) is 0 Å². The Labute approximate surface area is 170 Å². The van der Waals surface area contributed by atoms with E-state index in [1.54, 1.807) is 37.5 Å². The number of hydrogen-bond acceptors (Lipinski definition) is 3. The maximum absolute atomic E-state index is 10.9. The standard InChI is InChI=1S/C25H20O4/c1-28-18-29-23-11-6-10-22(17-23)24-12-5-4-9-20(24)8-3-2-7-19-13-15-21(16-14-19)25(26)27/h3-6,8-17H,18H2,1H3,(H,26,27)/b8-3+. The molecule has 0 saturated carbocycles. The molecule has 0 aromatic heterocycles. The summed E-state index contributed by atoms with van der Waals surface area (Å²) < 4.78 is 10.5. The number of aromatic carboxylic acids is 1. The zero-order chi connectivity index (χ0) is 20.5. The Morgan fingerprint density at radius 3 is 2.59 bits per heavy atom. The molecule has 0 unspecified atom stereocenters. The van der Waals surface area contributed by atoms with Crippen molar-refractivity contribution >= 4 is 12.0 Å². The number of methoxy groups -OCH3 is 1. The van der Waals surface area contributed by atoms with E-state index in [0.29, 0.717) is 0 Å². The van der Waals surface area contributed by atoms with Gasteiger partial charge < -0.3 is 14.6 Å². The van der Waals surface area contributed by atoms with E-state index in [-0.39, 0.29) is 12.4 Å². The molecule has 3 aromatic rings. The maximum atomic E-state index is 10.9. The lowest BCUT2D eigenvalue weighted by Crippen LogP contribution is -1.98. The Morgan fingerprint density at radius 2 is 1.83 bits per heavy atom. The summed E-state index contributed by atoms with van der Waals surface area (Å²) in [5.74, 6) is 5.80. The second kappa shape index (κ2) is 9.93. The number of carboxylic acid groups (broad SMARTS) is 1. The molecule has 4 heteroatoms. The molecule has 0 spiro atoms. The van der Waals surface area contributed by atoms with Crippen LogP contribution in [0.1, 0.15) is 21.5 Å². The van der Waals surface area contributed by atoms with Crippen molar-refractivity contribution in [2.45, 2.75) is 0 Å². The molecule has 0 aliphatic carbocycles. The highest BCUT2D eigenvalue weighted by Crippen LogP contribution is 2.27. The molecule has 0 bridgehead atoms. The van der Waals surface area contributed by atoms with Gasteiger partial charge in [-0.3, -0.25) is 0 Å². The Kier molecular flexibility index (Phi) is 6.83. The fourth-order valence-corrected chi connectivity index (χ4v) is 2.74. The van der Waals surface area contributed by atoms with E-state index in [0.717, 1.165) is 28.0 Å². The zero-order valence-electron chi connectivity index (χ0n) is 16.0. The lowest BCUT2D eigenvalue weighted by molar-refractivity contribution is 0.0511. The number of benzene rings is 3. The number of carbonyl (C=O) groups is 1. The first kappa shape index (κ1) is 19.9. The zero-order valence-corrected chi connectivity index (χ0v) is 16.0. The molecule has 1 N–H and O–H groups in total. The van der Waals surface area contributed by atoms with E-state index in [4.69, 9.17) is 14.6 Å². The van der Waals surface area contributed by atoms with Crippen LogP contribution in [0.5, 0.6) is 5.75 Å². The number of rotatable bonds is 6. The third-order valence-electron chi connectivity index (χ3n) is 4.14. The molecule has 0 atom stereocenters. The molecular weight excluding hydrogens is 364 g/mol. The molecule has 0 radical (unpaired) electrons. The van der Waals surface area contributed by atoms with Crippen LogP contribution < -0.4 is 4.74 Å². The van der Waals surface area contributed by atoms with Crippen molar-refractivity contribution in [2.75, 3.05) is 13.9 Å². The van der Waals surface area contributed by atoms with Crippen LogP contribution in [-0.4, -0.2) is 25.0 Å². The van der Waals surface area contributed by atoms with Gasteiger partial charge in [-0.15, -0.1) is 0 Å². The van der Waals surface area contributed by atoms with Crippen molar-refractivity contribution in [3.63, 3.8) is 0 Å². The molecule has 0 fully saturated rings. The molecule has 0 amide bonds. The second-order valence-corrected chi connectivity index (χ2v) is 6.15. The van der Waals surface area contributed by atoms with Gasteiger partial charge >= 0.3 is 5.97 Å². The lowest BCUT2D eigenvalue weighted by Gasteiger charge is -2.09. The first-order valence-electron chi connectivity index (χ1n) is 9.00. The number of carboxylic acids is 1. The molecule has 0 aliphatic rings. The summed E-state index contributed by atoms with van der Waals surface area (Å²) >= 11 is 0. The van der Waals surface area contributed by atoms with Crippen molar-refractivity contribution in [1.82, 2.24) is 0 Å². The SMILES string of the molecule is COCOc1cccc(-c2ccccc2/C=C/C#Cc2ccc(C(=O)O)cc2)c1. The Morgan fingerprint density at radius 1 is 1.03 bits per heavy atom. The quantitative estimate of drug-likeness (QED) is 0.475. The summed E-state index contributed by atoms with van der Waals surface area (Å²) in [6, 6.07) is 22.4. The van der Waals surface area contributed by atoms with Crippen LogP contribution >= 0.6 is 0 Å². The van der Waals surface area contributed by atoms with Crippen molar-refractivity contribution in [1.29, 1.82) is 0 Å². The second-order valence-electron chi connectivity index (χ2n) is 6.15. The summed E-state index contributed by atoms with van der Waals surface area (Å²) in [6.07, 6.45) is 3.74. The molecular formula is C25H20O4. The van der Waals surface area contributed by atoms with Gasteiger partial charge in [0.05, 0.1) is 5.56 Å². The minimum atomic E-state index is -0.947. The first-order chi connectivity index (χ1) is 14.2. The molecule has 4 nitrogen and oxygen atoms in total. The molecule has 0 saturated heterocycles. The molecule has 0 aliphatic heterocycles. The molecule has 29 heavy (non-hydrogen) atoms. The van der Waals surface area contributed by atoms with Crippen molar-refractivity contribution < 1.29 is 19.4 Å². The highest BCUT2D eigenvalue weighted by Gasteiger charge is 2.04. The predicted molar refractivity (Wildman–Crippen MR) is 114 cm³/mol. The smallest absolute Gasteiger partial charge is 0.335 e. The average molecular weight is 384 g/mol. The summed E-state index contributed by atoms with van der Waals surface area (Å²) in [6.45, 7) is 0.202. The topological polar surface area (TPSA) is 55.8 Å². The van der Waals surface area contributed by atoms with E-state index in [1.165, 1.54) is 0 Å². The lowest BCUT2D eigenvalue weighted by atomic mass is 9.99. The fraction of sp³-hybridized carbons (Fsp3) is 0.0800. The van der Waals surface area contributed by atoms with E-state index in [9.17, 15) is 4.79 Å². The number of ether oxygens (including phenoxy) is 2. The van der Waals surface area contributed by atoms with Gasteiger partial charge in [-0.05, 0) is 65.2 Å². The van der Waals surface area contributed by atoms with Gasteiger partial charge in [-0.1, -0.05) is 48.2 Å². The van der Waals surface area contributed by atoms with Crippen LogP contribution in [0.3, 0.4) is 0 Å². The van der Waals surface area contributed by atoms with E-state index >= 15 is 0 Å². The van der Waals surface area contributed by atoms with E-state index in [2.05, 4.69) is 11.8 Å². The van der Waals surface area contributed by atoms with Crippen LogP contribution in [0, 0.1) is 11.8 Å². The van der Waals surface area contributed by atoms with Crippen LogP contribution in [0.4, 0.5) is 0 Å². The van der Waals surface area contributed by atoms with Crippen LogP contribution in [0.15, 0.2) is 78.9 Å². The highest BCUT2D eigenvalue weighted by atomic mass is 16.7. The Hall–Kier alpha value is -3.81. The summed E-state index contributed by atoms with van der Waals surface area (Å²) in [7, 11) is 1.59. The fourth-order valence-electron chi connectivity index (χ4n) is 2.74. The molecule has 3 aromatic carbocycles. The summed E-state index contributed by atoms with van der Waals surface area (Å²) in [5, 5.41) is 8.93. The van der Waals surface area contributed by atoms with Gasteiger partial charge in [-0.2, -0.15) is 0 Å². The van der Waals surface area contributed by atoms with Gasteiger partial charge in [0.2, 0.25) is 0 Å². The van der Waals surface area contributed by atoms with E-state index < -0.39 is 5.97 Å². The Bertz CT molecular complexity index is 1070. The predicted octanol–water partition coefficient (Wildman–Crippen LogP) is 5.10. The highest BCUT2D eigenvalue weighted by molar-refractivity contribution is 5.87. The average Bonchev–Trinajstić information content (AvgIpc) is 2.76. The summed E-state index contributed by atoms with van der Waals surface area (Å²) in [5.41, 5.74) is 4.15. The van der Waals surface area contributed by atoms with Gasteiger partial charge in [0, 0.05) is 12.7 Å². The molecule has 144 valence electrons. The monoisotopic (exact) mass is 384 g/mol. The van der Waals surface area contributed by atoms with Gasteiger partial charge in [0.15, 0.2) is 6.79 Å². The van der Waals surface area contributed by atoms with Crippen LogP contribution in [-0.2, 0) is 4.74 Å². The largest absolute Gasteiger partial charge is 0.478 e. The number of allylic oxidation sites excluding steroid dienone is 1. The normalized spacial score (nSPS) is 10.4. The minimum Gasteiger partial charge on any atom is -0.478 e. The van der Waals surface area contributed by atoms with E-state index in [1.807, 2.05) is 54.6 Å². The van der Waals surface area contributed by atoms with Gasteiger partial charge in [0.25, 0.3) is 0 Å². The van der Waals surface area contributed by atoms with Crippen molar-refractivity contribution in [3.8, 4) is 28.7 Å². The van der Waals surface area contributed by atoms with Gasteiger partial charge in [0.1, 0.15) is 5.75 Å². The maximum Gasteiger partial charge on any atom is 0.335 e. The van der Waals surface area contributed by atoms with Crippen molar-refractivity contribution in [3.05, 3.63) is 95.6 Å².